The average Bonchev–Trinajstić information content (AvgIpc) is 2.38. The highest BCUT2D eigenvalue weighted by Gasteiger charge is 2.25. The van der Waals surface area contributed by atoms with Crippen molar-refractivity contribution < 1.29 is 19.5 Å². The lowest BCUT2D eigenvalue weighted by molar-refractivity contribution is -0.125. The van der Waals surface area contributed by atoms with Gasteiger partial charge in [0.25, 0.3) is 0 Å². The van der Waals surface area contributed by atoms with Crippen LogP contribution in [0.1, 0.15) is 24.2 Å². The summed E-state index contributed by atoms with van der Waals surface area (Å²) in [6.07, 6.45) is 0. The highest BCUT2D eigenvalue weighted by atomic mass is 79.9. The summed E-state index contributed by atoms with van der Waals surface area (Å²) in [5.41, 5.74) is 4.68. The third-order valence-electron chi connectivity index (χ3n) is 2.82. The summed E-state index contributed by atoms with van der Waals surface area (Å²) in [5.74, 6) is -1.63. The molecule has 7 nitrogen and oxygen atoms in total. The predicted molar refractivity (Wildman–Crippen MR) is 81.1 cm³/mol. The summed E-state index contributed by atoms with van der Waals surface area (Å²) in [7, 11) is 0. The van der Waals surface area contributed by atoms with Gasteiger partial charge in [0.05, 0.1) is 16.7 Å². The Morgan fingerprint density at radius 2 is 1.95 bits per heavy atom. The number of rotatable bonds is 5. The smallest absolute Gasteiger partial charge is 0.335 e. The minimum atomic E-state index is -1.10. The van der Waals surface area contributed by atoms with Gasteiger partial charge >= 0.3 is 12.0 Å². The molecule has 0 spiro atoms. The van der Waals surface area contributed by atoms with Crippen molar-refractivity contribution in [2.24, 2.45) is 11.1 Å². The highest BCUT2D eigenvalue weighted by molar-refractivity contribution is 9.10. The molecule has 114 valence electrons. The predicted octanol–water partition coefficient (Wildman–Crippen LogP) is 1.78. The van der Waals surface area contributed by atoms with Crippen molar-refractivity contribution in [3.05, 3.63) is 28.2 Å². The van der Waals surface area contributed by atoms with E-state index in [1.807, 2.05) is 0 Å². The second-order valence-electron chi connectivity index (χ2n) is 5.06. The molecule has 5 N–H and O–H groups in total. The van der Waals surface area contributed by atoms with Gasteiger partial charge < -0.3 is 21.5 Å². The number of anilines is 1. The molecule has 8 heteroatoms. The number of nitrogens with two attached hydrogens (primary N) is 1. The average molecular weight is 358 g/mol. The van der Waals surface area contributed by atoms with Gasteiger partial charge in [-0.3, -0.25) is 4.79 Å². The fraction of sp³-hybridized carbons (Fsp3) is 0.308. The lowest BCUT2D eigenvalue weighted by atomic mass is 9.93. The van der Waals surface area contributed by atoms with Gasteiger partial charge in [-0.05, 0) is 48.0 Å². The van der Waals surface area contributed by atoms with Gasteiger partial charge in [0.2, 0.25) is 5.91 Å². The first-order valence-corrected chi connectivity index (χ1v) is 6.80. The largest absolute Gasteiger partial charge is 0.478 e. The molecule has 0 aromatic heterocycles. The van der Waals surface area contributed by atoms with Crippen LogP contribution in [-0.2, 0) is 4.79 Å². The third kappa shape index (κ3) is 4.75. The SMILES string of the molecule is CC(C)(CNC(=O)Nc1cc(C(=O)O)ccc1Br)C(N)=O. The van der Waals surface area contributed by atoms with Crippen molar-refractivity contribution in [3.63, 3.8) is 0 Å². The summed E-state index contributed by atoms with van der Waals surface area (Å²) in [5, 5.41) is 13.9. The maximum atomic E-state index is 11.8. The maximum Gasteiger partial charge on any atom is 0.335 e. The van der Waals surface area contributed by atoms with Crippen molar-refractivity contribution in [3.8, 4) is 0 Å². The highest BCUT2D eigenvalue weighted by Crippen LogP contribution is 2.23. The number of carbonyl (C=O) groups excluding carboxylic acids is 2. The summed E-state index contributed by atoms with van der Waals surface area (Å²) >= 11 is 3.21. The van der Waals surface area contributed by atoms with Gasteiger partial charge in [0, 0.05) is 11.0 Å². The second kappa shape index (κ2) is 6.57. The number of amides is 3. The molecule has 0 saturated heterocycles. The van der Waals surface area contributed by atoms with Crippen LogP contribution in [0.25, 0.3) is 0 Å². The fourth-order valence-electron chi connectivity index (χ4n) is 1.31. The van der Waals surface area contributed by atoms with Crippen LogP contribution < -0.4 is 16.4 Å². The number of carbonyl (C=O) groups is 3. The molecule has 0 atom stereocenters. The lowest BCUT2D eigenvalue weighted by Crippen LogP contribution is -2.43. The van der Waals surface area contributed by atoms with Crippen molar-refractivity contribution in [2.75, 3.05) is 11.9 Å². The fourth-order valence-corrected chi connectivity index (χ4v) is 1.65. The van der Waals surface area contributed by atoms with Crippen LogP contribution in [0.2, 0.25) is 0 Å². The normalized spacial score (nSPS) is 10.8. The Labute approximate surface area is 130 Å². The number of primary amides is 1. The standard InChI is InChI=1S/C13H16BrN3O4/c1-13(2,11(15)20)6-16-12(21)17-9-5-7(10(18)19)3-4-8(9)14/h3-5H,6H2,1-2H3,(H2,15,20)(H,18,19)(H2,16,17,21). The topological polar surface area (TPSA) is 122 Å². The number of aromatic carboxylic acids is 1. The molecule has 1 aromatic rings. The van der Waals surface area contributed by atoms with Gasteiger partial charge in [-0.25, -0.2) is 9.59 Å². The van der Waals surface area contributed by atoms with Crippen LogP contribution in [0.3, 0.4) is 0 Å². The van der Waals surface area contributed by atoms with E-state index in [0.29, 0.717) is 10.2 Å². The Kier molecular flexibility index (Phi) is 5.31. The minimum absolute atomic E-state index is 0.0472. The van der Waals surface area contributed by atoms with E-state index in [4.69, 9.17) is 10.8 Å². The molecule has 1 rings (SSSR count). The summed E-state index contributed by atoms with van der Waals surface area (Å²) in [6, 6.07) is 3.69. The molecule has 0 bridgehead atoms. The van der Waals surface area contributed by atoms with E-state index in [9.17, 15) is 14.4 Å². The third-order valence-corrected chi connectivity index (χ3v) is 3.51. The first kappa shape index (κ1) is 17.0. The molecule has 0 unspecified atom stereocenters. The number of carboxylic acids is 1. The van der Waals surface area contributed by atoms with E-state index in [0.717, 1.165) is 0 Å². The van der Waals surface area contributed by atoms with E-state index >= 15 is 0 Å². The van der Waals surface area contributed by atoms with Gasteiger partial charge in [-0.2, -0.15) is 0 Å². The van der Waals surface area contributed by atoms with Crippen LogP contribution >= 0.6 is 15.9 Å². The zero-order valence-electron chi connectivity index (χ0n) is 11.6. The van der Waals surface area contributed by atoms with Gasteiger partial charge in [-0.15, -0.1) is 0 Å². The number of hydrogen-bond donors (Lipinski definition) is 4. The number of urea groups is 1. The van der Waals surface area contributed by atoms with Gasteiger partial charge in [-0.1, -0.05) is 0 Å². The summed E-state index contributed by atoms with van der Waals surface area (Å²) in [4.78, 5) is 33.8. The molecule has 0 fully saturated rings. The van der Waals surface area contributed by atoms with Crippen LogP contribution in [0, 0.1) is 5.41 Å². The summed E-state index contributed by atoms with van der Waals surface area (Å²) in [6.45, 7) is 3.28. The van der Waals surface area contributed by atoms with Crippen LogP contribution in [0.4, 0.5) is 10.5 Å². The number of halogens is 1. The molecule has 0 aliphatic carbocycles. The van der Waals surface area contributed by atoms with E-state index in [2.05, 4.69) is 26.6 Å². The van der Waals surface area contributed by atoms with E-state index in [-0.39, 0.29) is 12.1 Å². The van der Waals surface area contributed by atoms with E-state index < -0.39 is 23.3 Å². The first-order chi connectivity index (χ1) is 9.63. The van der Waals surface area contributed by atoms with Crippen molar-refractivity contribution in [1.82, 2.24) is 5.32 Å². The Morgan fingerprint density at radius 1 is 1.33 bits per heavy atom. The van der Waals surface area contributed by atoms with Crippen molar-refractivity contribution >= 4 is 39.5 Å². The number of benzene rings is 1. The molecular formula is C13H16BrN3O4. The molecule has 0 saturated carbocycles. The molecule has 1 aromatic carbocycles. The molecule has 0 aliphatic rings. The van der Waals surface area contributed by atoms with E-state index in [1.54, 1.807) is 13.8 Å². The zero-order valence-corrected chi connectivity index (χ0v) is 13.2. The molecule has 0 heterocycles. The van der Waals surface area contributed by atoms with Crippen molar-refractivity contribution in [2.45, 2.75) is 13.8 Å². The van der Waals surface area contributed by atoms with Gasteiger partial charge in [0.1, 0.15) is 0 Å². The number of carboxylic acid groups (broad SMARTS) is 1. The Morgan fingerprint density at radius 3 is 2.48 bits per heavy atom. The van der Waals surface area contributed by atoms with Crippen LogP contribution in [0.15, 0.2) is 22.7 Å². The lowest BCUT2D eigenvalue weighted by Gasteiger charge is -2.21. The van der Waals surface area contributed by atoms with Gasteiger partial charge in [0.15, 0.2) is 0 Å². The maximum absolute atomic E-state index is 11.8. The minimum Gasteiger partial charge on any atom is -0.478 e. The van der Waals surface area contributed by atoms with E-state index in [1.165, 1.54) is 18.2 Å². The molecule has 21 heavy (non-hydrogen) atoms. The number of nitrogens with one attached hydrogen (secondary N) is 2. The molecular weight excluding hydrogens is 342 g/mol. The first-order valence-electron chi connectivity index (χ1n) is 6.01. The van der Waals surface area contributed by atoms with Crippen LogP contribution in [-0.4, -0.2) is 29.6 Å². The van der Waals surface area contributed by atoms with Crippen LogP contribution in [0.5, 0.6) is 0 Å². The quantitative estimate of drug-likeness (QED) is 0.641. The van der Waals surface area contributed by atoms with Crippen molar-refractivity contribution in [1.29, 1.82) is 0 Å². The molecule has 0 radical (unpaired) electrons. The monoisotopic (exact) mass is 357 g/mol. The Balaban J connectivity index is 2.73. The zero-order chi connectivity index (χ0) is 16.2. The Bertz CT molecular complexity index is 587. The summed E-state index contributed by atoms with van der Waals surface area (Å²) < 4.78 is 0.539. The molecule has 0 aliphatic heterocycles. The number of hydrogen-bond acceptors (Lipinski definition) is 3. The molecule has 3 amide bonds. The second-order valence-corrected chi connectivity index (χ2v) is 5.91. The Hall–Kier alpha value is -2.09.